The number of nitrogens with zero attached hydrogens (tertiary/aromatic N) is 4. The van der Waals surface area contributed by atoms with Crippen molar-refractivity contribution >= 4 is 50.1 Å². The minimum Gasteiger partial charge on any atom is -0.465 e. The summed E-state index contributed by atoms with van der Waals surface area (Å²) in [5, 5.41) is 24.0. The van der Waals surface area contributed by atoms with Gasteiger partial charge < -0.3 is 19.6 Å². The molecule has 16 heteroatoms. The summed E-state index contributed by atoms with van der Waals surface area (Å²) < 4.78 is 35.2. The van der Waals surface area contributed by atoms with Crippen LogP contribution in [0.5, 0.6) is 5.75 Å². The summed E-state index contributed by atoms with van der Waals surface area (Å²) in [4.78, 5) is 43.7. The maximum Gasteiger partial charge on any atom is 0.417 e. The number of thiazole rings is 1. The van der Waals surface area contributed by atoms with Crippen LogP contribution in [0.1, 0.15) is 39.2 Å². The van der Waals surface area contributed by atoms with Gasteiger partial charge in [0.25, 0.3) is 5.69 Å². The molecule has 0 unspecified atom stereocenters. The molecule has 0 spiro atoms. The van der Waals surface area contributed by atoms with E-state index in [2.05, 4.69) is 19.9 Å². The average molecular weight is 709 g/mol. The van der Waals surface area contributed by atoms with Crippen LogP contribution in [-0.4, -0.2) is 65.2 Å². The van der Waals surface area contributed by atoms with Gasteiger partial charge in [-0.15, -0.1) is 0 Å². The number of anilines is 2. The number of hydrogen-bond donors (Lipinski definition) is 3. The summed E-state index contributed by atoms with van der Waals surface area (Å²) >= 11 is 1.32. The van der Waals surface area contributed by atoms with E-state index in [0.717, 1.165) is 5.56 Å². The minimum atomic E-state index is -4.10. The van der Waals surface area contributed by atoms with E-state index in [0.29, 0.717) is 48.0 Å². The molecule has 1 fully saturated rings. The number of hydrogen-bond acceptors (Lipinski definition) is 10. The molecule has 4 aromatic rings. The van der Waals surface area contributed by atoms with E-state index in [1.54, 1.807) is 39.1 Å². The fourth-order valence-corrected chi connectivity index (χ4v) is 8.15. The molecular weight excluding hydrogens is 673 g/mol. The Balaban J connectivity index is 1.33. The van der Waals surface area contributed by atoms with Crippen LogP contribution in [0.3, 0.4) is 0 Å². The van der Waals surface area contributed by atoms with E-state index in [1.165, 1.54) is 46.6 Å². The van der Waals surface area contributed by atoms with Crippen LogP contribution >= 0.6 is 11.3 Å². The fourth-order valence-electron chi connectivity index (χ4n) is 5.41. The van der Waals surface area contributed by atoms with Crippen LogP contribution in [0.25, 0.3) is 10.4 Å². The first-order valence-electron chi connectivity index (χ1n) is 15.3. The van der Waals surface area contributed by atoms with Crippen molar-refractivity contribution in [1.82, 2.24) is 14.6 Å². The summed E-state index contributed by atoms with van der Waals surface area (Å²) in [7, 11) is -4.10. The van der Waals surface area contributed by atoms with Crippen LogP contribution < -0.4 is 19.7 Å². The molecule has 258 valence electrons. The summed E-state index contributed by atoms with van der Waals surface area (Å²) in [5.74, 6) is 0.0649. The van der Waals surface area contributed by atoms with Gasteiger partial charge in [-0.1, -0.05) is 47.7 Å². The van der Waals surface area contributed by atoms with Crippen molar-refractivity contribution in [2.75, 3.05) is 23.3 Å². The molecule has 0 atom stereocenters. The molecule has 2 heterocycles. The molecule has 49 heavy (non-hydrogen) atoms. The van der Waals surface area contributed by atoms with Gasteiger partial charge in [-0.25, -0.2) is 27.7 Å². The van der Waals surface area contributed by atoms with Gasteiger partial charge in [0.15, 0.2) is 5.13 Å². The molecule has 2 amide bonds. The number of carbonyl (C=O) groups is 2. The molecule has 1 aliphatic heterocycles. The Morgan fingerprint density at radius 1 is 1.08 bits per heavy atom. The molecule has 3 aromatic carbocycles. The van der Waals surface area contributed by atoms with Crippen molar-refractivity contribution in [3.63, 3.8) is 0 Å². The second kappa shape index (κ2) is 14.6. The molecule has 0 radical (unpaired) electrons. The number of nitro groups is 1. The lowest BCUT2D eigenvalue weighted by Gasteiger charge is -2.37. The topological polar surface area (TPSA) is 184 Å². The number of nitrogens with one attached hydrogen (secondary N) is 2. The third kappa shape index (κ3) is 9.10. The molecule has 0 aliphatic carbocycles. The Hall–Kier alpha value is -5.06. The number of rotatable bonds is 10. The van der Waals surface area contributed by atoms with E-state index >= 15 is 0 Å². The average Bonchev–Trinajstić information content (AvgIpc) is 3.53. The SMILES string of the molecule is CC(C)(C)NS(=O)(=O)c1cc(NC(=O)Oc2ccc([N+](=O)[O-])cc2)ccc1-c1cnc(N2CCC(N(Cc3ccccc3)C(=O)O)CC2)s1. The summed E-state index contributed by atoms with van der Waals surface area (Å²) in [6.07, 6.45) is 0.947. The quantitative estimate of drug-likeness (QED) is 0.120. The van der Waals surface area contributed by atoms with Gasteiger partial charge in [0.05, 0.1) is 14.7 Å². The van der Waals surface area contributed by atoms with E-state index in [4.69, 9.17) is 4.74 Å². The van der Waals surface area contributed by atoms with Gasteiger partial charge in [-0.3, -0.25) is 15.4 Å². The number of carboxylic acid groups (broad SMARTS) is 1. The number of nitro benzene ring substituents is 1. The third-order valence-electron chi connectivity index (χ3n) is 7.59. The molecule has 1 aromatic heterocycles. The van der Waals surface area contributed by atoms with E-state index in [1.807, 2.05) is 30.3 Å². The highest BCUT2D eigenvalue weighted by Gasteiger charge is 2.30. The maximum absolute atomic E-state index is 13.7. The summed E-state index contributed by atoms with van der Waals surface area (Å²) in [5.41, 5.74) is 0.483. The molecule has 0 bridgehead atoms. The molecule has 3 N–H and O–H groups in total. The van der Waals surface area contributed by atoms with E-state index in [9.17, 15) is 33.2 Å². The van der Waals surface area contributed by atoms with Gasteiger partial charge in [0.2, 0.25) is 10.0 Å². The first-order valence-corrected chi connectivity index (χ1v) is 17.6. The van der Waals surface area contributed by atoms with Gasteiger partial charge >= 0.3 is 12.2 Å². The number of carbonyl (C=O) groups excluding carboxylic acids is 1. The number of ether oxygens (including phenoxy) is 1. The normalized spacial score (nSPS) is 13.9. The first-order chi connectivity index (χ1) is 23.2. The molecular formula is C33H36N6O8S2. The molecule has 14 nitrogen and oxygen atoms in total. The van der Waals surface area contributed by atoms with Gasteiger partial charge in [0, 0.05) is 60.8 Å². The second-order valence-corrected chi connectivity index (χ2v) is 15.1. The van der Waals surface area contributed by atoms with Crippen LogP contribution in [-0.2, 0) is 16.6 Å². The largest absolute Gasteiger partial charge is 0.465 e. The predicted octanol–water partition coefficient (Wildman–Crippen LogP) is 6.56. The third-order valence-corrected chi connectivity index (χ3v) is 10.5. The first kappa shape index (κ1) is 35.3. The summed E-state index contributed by atoms with van der Waals surface area (Å²) in [6, 6.07) is 18.7. The summed E-state index contributed by atoms with van der Waals surface area (Å²) in [6.45, 7) is 6.61. The Labute approximate surface area is 287 Å². The van der Waals surface area contributed by atoms with E-state index < -0.39 is 32.7 Å². The monoisotopic (exact) mass is 708 g/mol. The number of amides is 2. The highest BCUT2D eigenvalue weighted by Crippen LogP contribution is 2.38. The molecule has 1 aliphatic rings. The zero-order chi connectivity index (χ0) is 35.3. The molecule has 0 saturated carbocycles. The second-order valence-electron chi connectivity index (χ2n) is 12.5. The Kier molecular flexibility index (Phi) is 10.5. The number of benzene rings is 3. The van der Waals surface area contributed by atoms with Crippen molar-refractivity contribution in [3.8, 4) is 16.2 Å². The number of aromatic nitrogens is 1. The lowest BCUT2D eigenvalue weighted by atomic mass is 10.0. The maximum atomic E-state index is 13.7. The molecule has 1 saturated heterocycles. The Morgan fingerprint density at radius 3 is 2.37 bits per heavy atom. The predicted molar refractivity (Wildman–Crippen MR) is 186 cm³/mol. The van der Waals surface area contributed by atoms with E-state index in [-0.39, 0.29) is 28.1 Å². The fraction of sp³-hybridized carbons (Fsp3) is 0.303. The van der Waals surface area contributed by atoms with Crippen LogP contribution in [0.4, 0.5) is 26.1 Å². The number of non-ortho nitro benzene ring substituents is 1. The number of piperidine rings is 1. The lowest BCUT2D eigenvalue weighted by molar-refractivity contribution is -0.384. The van der Waals surface area contributed by atoms with Crippen molar-refractivity contribution in [3.05, 3.63) is 94.7 Å². The minimum absolute atomic E-state index is 0.0649. The smallest absolute Gasteiger partial charge is 0.417 e. The van der Waals surface area contributed by atoms with Crippen molar-refractivity contribution in [1.29, 1.82) is 0 Å². The van der Waals surface area contributed by atoms with Crippen molar-refractivity contribution in [2.24, 2.45) is 0 Å². The highest BCUT2D eigenvalue weighted by atomic mass is 32.2. The highest BCUT2D eigenvalue weighted by molar-refractivity contribution is 7.89. The lowest BCUT2D eigenvalue weighted by Crippen LogP contribution is -2.46. The standard InChI is InChI=1S/C33H36N6O8S2/c1-33(2,3)36-49(45,46)29-19-23(35-31(40)47-26-12-10-25(11-13-26)39(43)44)9-14-27(29)28-20-34-30(48-28)37-17-15-24(16-18-37)38(32(41)42)21-22-7-5-4-6-8-22/h4-14,19-20,24,36H,15-18,21H2,1-3H3,(H,35,40)(H,41,42). The number of sulfonamides is 1. The zero-order valence-electron chi connectivity index (χ0n) is 27.0. The van der Waals surface area contributed by atoms with Crippen LogP contribution in [0.2, 0.25) is 0 Å². The zero-order valence-corrected chi connectivity index (χ0v) is 28.7. The van der Waals surface area contributed by atoms with Gasteiger partial charge in [-0.2, -0.15) is 0 Å². The van der Waals surface area contributed by atoms with Gasteiger partial charge in [-0.05, 0) is 63.4 Å². The molecule has 5 rings (SSSR count). The van der Waals surface area contributed by atoms with Crippen LogP contribution in [0.15, 0.2) is 83.9 Å². The Morgan fingerprint density at radius 2 is 1.76 bits per heavy atom. The Bertz CT molecular complexity index is 1920. The van der Waals surface area contributed by atoms with Gasteiger partial charge in [0.1, 0.15) is 5.75 Å². The van der Waals surface area contributed by atoms with Crippen molar-refractivity contribution in [2.45, 2.75) is 56.6 Å². The van der Waals surface area contributed by atoms with Crippen LogP contribution in [0, 0.1) is 10.1 Å². The van der Waals surface area contributed by atoms with Crippen molar-refractivity contribution < 1.29 is 32.8 Å².